The maximum Gasteiger partial charge on any atom is 0.339 e. The average Bonchev–Trinajstić information content (AvgIpc) is 3.24. The number of nitrogens with zero attached hydrogens (tertiary/aromatic N) is 1. The smallest absolute Gasteiger partial charge is 0.339 e. The highest BCUT2D eigenvalue weighted by atomic mass is 16.5. The molecule has 5 heteroatoms. The Hall–Kier alpha value is -2.69. The van der Waals surface area contributed by atoms with Crippen molar-refractivity contribution in [1.82, 2.24) is 0 Å². The normalized spacial score (nSPS) is 29.4. The Bertz CT molecular complexity index is 828. The zero-order chi connectivity index (χ0) is 17.9. The van der Waals surface area contributed by atoms with Crippen LogP contribution >= 0.6 is 0 Å². The number of rotatable bonds is 2. The molecule has 1 saturated carbocycles. The number of amides is 2. The van der Waals surface area contributed by atoms with Crippen molar-refractivity contribution in [2.24, 2.45) is 23.7 Å². The van der Waals surface area contributed by atoms with E-state index in [1.807, 2.05) is 13.8 Å². The number of para-hydroxylation sites is 1. The molecule has 2 aliphatic carbocycles. The van der Waals surface area contributed by atoms with Gasteiger partial charge in [0.1, 0.15) is 0 Å². The van der Waals surface area contributed by atoms with Crippen LogP contribution in [-0.2, 0) is 14.3 Å². The van der Waals surface area contributed by atoms with Crippen LogP contribution in [0.1, 0.15) is 24.2 Å². The minimum atomic E-state index is -0.556. The van der Waals surface area contributed by atoms with E-state index in [9.17, 15) is 14.4 Å². The summed E-state index contributed by atoms with van der Waals surface area (Å²) in [5.74, 6) is -1.74. The number of hydrogen-bond donors (Lipinski definition) is 0. The zero-order valence-corrected chi connectivity index (χ0v) is 14.4. The van der Waals surface area contributed by atoms with E-state index in [1.54, 1.807) is 24.3 Å². The Morgan fingerprint density at radius 3 is 2.08 bits per heavy atom. The van der Waals surface area contributed by atoms with Crippen LogP contribution in [0.3, 0.4) is 0 Å². The molecule has 0 unspecified atom stereocenters. The summed E-state index contributed by atoms with van der Waals surface area (Å²) in [5, 5.41) is 0. The Labute approximate surface area is 146 Å². The lowest BCUT2D eigenvalue weighted by molar-refractivity contribution is -0.122. The maximum atomic E-state index is 13.1. The number of carbonyl (C=O) groups excluding carboxylic acids is 3. The van der Waals surface area contributed by atoms with Gasteiger partial charge < -0.3 is 4.74 Å². The monoisotopic (exact) mass is 337 g/mol. The van der Waals surface area contributed by atoms with Gasteiger partial charge in [0, 0.05) is 11.8 Å². The maximum absolute atomic E-state index is 13.1. The molecule has 3 aliphatic rings. The highest BCUT2D eigenvalue weighted by Crippen LogP contribution is 2.57. The molecule has 1 heterocycles. The molecule has 1 aromatic carbocycles. The molecule has 2 fully saturated rings. The SMILES string of the molecule is COC(=O)c1ccccc1N1C(=O)[C@H]2[C@H](C1=O)[C@H]1C=C[C@H]2C1=C(C)C. The Kier molecular flexibility index (Phi) is 3.42. The van der Waals surface area contributed by atoms with E-state index in [0.717, 1.165) is 0 Å². The number of allylic oxidation sites excluding steroid dienone is 4. The van der Waals surface area contributed by atoms with Gasteiger partial charge in [-0.2, -0.15) is 0 Å². The molecular formula is C20H19NO4. The highest BCUT2D eigenvalue weighted by molar-refractivity contribution is 6.25. The summed E-state index contributed by atoms with van der Waals surface area (Å²) in [6, 6.07) is 6.60. The average molecular weight is 337 g/mol. The molecule has 1 saturated heterocycles. The van der Waals surface area contributed by atoms with Crippen molar-refractivity contribution in [1.29, 1.82) is 0 Å². The minimum absolute atomic E-state index is 0.00765. The number of methoxy groups -OCH3 is 1. The second kappa shape index (κ2) is 5.41. The molecule has 1 aliphatic heterocycles. The summed E-state index contributed by atoms with van der Waals surface area (Å²) in [4.78, 5) is 39.5. The van der Waals surface area contributed by atoms with Crippen LogP contribution in [-0.4, -0.2) is 24.9 Å². The van der Waals surface area contributed by atoms with E-state index in [-0.39, 0.29) is 41.0 Å². The van der Waals surface area contributed by atoms with Crippen molar-refractivity contribution in [3.8, 4) is 0 Å². The predicted octanol–water partition coefficient (Wildman–Crippen LogP) is 2.73. The molecule has 25 heavy (non-hydrogen) atoms. The van der Waals surface area contributed by atoms with Gasteiger partial charge in [0.15, 0.2) is 0 Å². The lowest BCUT2D eigenvalue weighted by atomic mass is 9.85. The molecule has 1 aromatic rings. The number of carbonyl (C=O) groups is 3. The number of ether oxygens (including phenoxy) is 1. The van der Waals surface area contributed by atoms with E-state index >= 15 is 0 Å². The lowest BCUT2D eigenvalue weighted by Gasteiger charge is -2.21. The van der Waals surface area contributed by atoms with Gasteiger partial charge in [0.2, 0.25) is 11.8 Å². The van der Waals surface area contributed by atoms with Crippen molar-refractivity contribution in [3.63, 3.8) is 0 Å². The van der Waals surface area contributed by atoms with Crippen LogP contribution in [0.25, 0.3) is 0 Å². The molecule has 2 amide bonds. The number of imide groups is 1. The number of benzene rings is 1. The van der Waals surface area contributed by atoms with Gasteiger partial charge in [-0.15, -0.1) is 0 Å². The molecular weight excluding hydrogens is 318 g/mol. The van der Waals surface area contributed by atoms with Gasteiger partial charge in [0.25, 0.3) is 0 Å². The van der Waals surface area contributed by atoms with Crippen LogP contribution < -0.4 is 4.90 Å². The first-order valence-corrected chi connectivity index (χ1v) is 8.38. The minimum Gasteiger partial charge on any atom is -0.465 e. The van der Waals surface area contributed by atoms with Gasteiger partial charge in [-0.25, -0.2) is 9.69 Å². The summed E-state index contributed by atoms with van der Waals surface area (Å²) in [6.45, 7) is 4.06. The topological polar surface area (TPSA) is 63.7 Å². The molecule has 4 rings (SSSR count). The van der Waals surface area contributed by atoms with Crippen molar-refractivity contribution >= 4 is 23.5 Å². The number of hydrogen-bond acceptors (Lipinski definition) is 4. The Morgan fingerprint density at radius 2 is 1.56 bits per heavy atom. The summed E-state index contributed by atoms with van der Waals surface area (Å²) in [6.07, 6.45) is 4.10. The van der Waals surface area contributed by atoms with E-state index in [2.05, 4.69) is 12.2 Å². The van der Waals surface area contributed by atoms with Gasteiger partial charge >= 0.3 is 5.97 Å². The third-order valence-corrected chi connectivity index (χ3v) is 5.54. The van der Waals surface area contributed by atoms with Crippen molar-refractivity contribution < 1.29 is 19.1 Å². The van der Waals surface area contributed by atoms with Crippen LogP contribution in [0.2, 0.25) is 0 Å². The first-order valence-electron chi connectivity index (χ1n) is 8.38. The van der Waals surface area contributed by atoms with Gasteiger partial charge in [0.05, 0.1) is 30.2 Å². The second-order valence-corrected chi connectivity index (χ2v) is 6.96. The van der Waals surface area contributed by atoms with Gasteiger partial charge in [-0.1, -0.05) is 35.4 Å². The molecule has 128 valence electrons. The Balaban J connectivity index is 1.79. The molecule has 2 bridgehead atoms. The summed E-state index contributed by atoms with van der Waals surface area (Å²) >= 11 is 0. The first kappa shape index (κ1) is 15.8. The fourth-order valence-electron chi connectivity index (χ4n) is 4.62. The van der Waals surface area contributed by atoms with Crippen molar-refractivity contribution in [2.75, 3.05) is 12.0 Å². The first-order chi connectivity index (χ1) is 12.0. The number of fused-ring (bicyclic) bond motifs is 5. The number of anilines is 1. The van der Waals surface area contributed by atoms with Crippen LogP contribution in [0, 0.1) is 23.7 Å². The molecule has 0 spiro atoms. The third-order valence-electron chi connectivity index (χ3n) is 5.54. The molecule has 5 nitrogen and oxygen atoms in total. The van der Waals surface area contributed by atoms with Crippen LogP contribution in [0.15, 0.2) is 47.6 Å². The van der Waals surface area contributed by atoms with Crippen molar-refractivity contribution in [2.45, 2.75) is 13.8 Å². The largest absolute Gasteiger partial charge is 0.465 e. The highest BCUT2D eigenvalue weighted by Gasteiger charge is 2.62. The summed E-state index contributed by atoms with van der Waals surface area (Å²) in [7, 11) is 1.28. The van der Waals surface area contributed by atoms with E-state index < -0.39 is 5.97 Å². The quantitative estimate of drug-likeness (QED) is 0.473. The van der Waals surface area contributed by atoms with Gasteiger partial charge in [-0.3, -0.25) is 9.59 Å². The lowest BCUT2D eigenvalue weighted by Crippen LogP contribution is -2.34. The number of esters is 1. The fraction of sp³-hybridized carbons (Fsp3) is 0.350. The van der Waals surface area contributed by atoms with E-state index in [0.29, 0.717) is 5.69 Å². The van der Waals surface area contributed by atoms with Crippen LogP contribution in [0.5, 0.6) is 0 Å². The standard InChI is InChI=1S/C20H19NO4/c1-10(2)15-12-8-9-13(15)17-16(12)18(22)21(19(17)23)14-7-5-4-6-11(14)20(24)25-3/h4-9,12-13,16-17H,1-3H3/t12-,13-,16+,17+/m0/s1. The molecule has 0 aromatic heterocycles. The molecule has 0 radical (unpaired) electrons. The van der Waals surface area contributed by atoms with Crippen molar-refractivity contribution in [3.05, 3.63) is 53.1 Å². The summed E-state index contributed by atoms with van der Waals surface area (Å²) in [5.41, 5.74) is 2.93. The van der Waals surface area contributed by atoms with E-state index in [1.165, 1.54) is 23.2 Å². The van der Waals surface area contributed by atoms with Crippen LogP contribution in [0.4, 0.5) is 5.69 Å². The second-order valence-electron chi connectivity index (χ2n) is 6.96. The van der Waals surface area contributed by atoms with Gasteiger partial charge in [-0.05, 0) is 26.0 Å². The van der Waals surface area contributed by atoms with E-state index in [4.69, 9.17) is 4.74 Å². The fourth-order valence-corrected chi connectivity index (χ4v) is 4.62. The zero-order valence-electron chi connectivity index (χ0n) is 14.4. The summed E-state index contributed by atoms with van der Waals surface area (Å²) < 4.78 is 4.80. The third kappa shape index (κ3) is 1.98. The predicted molar refractivity (Wildman–Crippen MR) is 91.7 cm³/mol. The Morgan fingerprint density at radius 1 is 1.00 bits per heavy atom. The molecule has 0 N–H and O–H groups in total. The molecule has 4 atom stereocenters.